The van der Waals surface area contributed by atoms with Crippen LogP contribution in [0.5, 0.6) is 0 Å². The van der Waals surface area contributed by atoms with Crippen molar-refractivity contribution in [2.24, 2.45) is 0 Å². The van der Waals surface area contributed by atoms with Crippen LogP contribution in [0.25, 0.3) is 0 Å². The zero-order valence-corrected chi connectivity index (χ0v) is 13.4. The minimum atomic E-state index is 0.490. The van der Waals surface area contributed by atoms with E-state index in [1.54, 1.807) is 0 Å². The van der Waals surface area contributed by atoms with E-state index >= 15 is 0 Å². The number of benzene rings is 1. The molecule has 0 aliphatic rings. The second-order valence-electron chi connectivity index (χ2n) is 5.66. The molecule has 0 atom stereocenters. The molecule has 2 aromatic rings. The molecular formula is C18H25N3O. The Balaban J connectivity index is 1.93. The van der Waals surface area contributed by atoms with Crippen LogP contribution in [0.4, 0.5) is 0 Å². The van der Waals surface area contributed by atoms with Crippen LogP contribution < -0.4 is 0 Å². The van der Waals surface area contributed by atoms with E-state index < -0.39 is 0 Å². The lowest BCUT2D eigenvalue weighted by Gasteiger charge is -2.07. The van der Waals surface area contributed by atoms with Crippen LogP contribution in [0.2, 0.25) is 0 Å². The van der Waals surface area contributed by atoms with Gasteiger partial charge in [-0.3, -0.25) is 4.79 Å². The van der Waals surface area contributed by atoms with E-state index in [2.05, 4.69) is 29.4 Å². The van der Waals surface area contributed by atoms with Crippen molar-refractivity contribution in [3.63, 3.8) is 0 Å². The van der Waals surface area contributed by atoms with Crippen molar-refractivity contribution in [1.29, 1.82) is 0 Å². The highest BCUT2D eigenvalue weighted by Crippen LogP contribution is 2.11. The van der Waals surface area contributed by atoms with E-state index in [4.69, 9.17) is 0 Å². The van der Waals surface area contributed by atoms with Crippen molar-refractivity contribution in [1.82, 2.24) is 15.0 Å². The molecule has 22 heavy (non-hydrogen) atoms. The number of rotatable bonds is 10. The molecule has 0 bridgehead atoms. The lowest BCUT2D eigenvalue weighted by Crippen LogP contribution is -2.08. The Morgan fingerprint density at radius 3 is 2.55 bits per heavy atom. The summed E-state index contributed by atoms with van der Waals surface area (Å²) in [4.78, 5) is 11.2. The molecule has 4 nitrogen and oxygen atoms in total. The second-order valence-corrected chi connectivity index (χ2v) is 5.66. The van der Waals surface area contributed by atoms with Gasteiger partial charge in [-0.1, -0.05) is 68.2 Å². The molecule has 0 fully saturated rings. The number of nitrogens with zero attached hydrogens (tertiary/aromatic N) is 3. The quantitative estimate of drug-likeness (QED) is 0.494. The summed E-state index contributed by atoms with van der Waals surface area (Å²) in [6.45, 7) is 3.07. The summed E-state index contributed by atoms with van der Waals surface area (Å²) in [7, 11) is 0. The van der Waals surface area contributed by atoms with Gasteiger partial charge in [0.15, 0.2) is 6.29 Å². The van der Waals surface area contributed by atoms with Gasteiger partial charge in [0.2, 0.25) is 0 Å². The fourth-order valence-electron chi connectivity index (χ4n) is 2.65. The molecule has 2 rings (SSSR count). The van der Waals surface area contributed by atoms with Gasteiger partial charge in [-0.25, -0.2) is 4.68 Å². The Labute approximate surface area is 132 Å². The predicted octanol–water partition coefficient (Wildman–Crippen LogP) is 3.85. The second kappa shape index (κ2) is 9.13. The van der Waals surface area contributed by atoms with E-state index in [1.807, 2.05) is 22.9 Å². The van der Waals surface area contributed by atoms with E-state index in [9.17, 15) is 4.79 Å². The zero-order chi connectivity index (χ0) is 15.6. The molecular weight excluding hydrogens is 274 g/mol. The molecule has 0 saturated carbocycles. The van der Waals surface area contributed by atoms with Crippen LogP contribution >= 0.6 is 0 Å². The summed E-state index contributed by atoms with van der Waals surface area (Å²) in [6, 6.07) is 10.3. The van der Waals surface area contributed by atoms with Crippen LogP contribution in [0.3, 0.4) is 0 Å². The monoisotopic (exact) mass is 299 g/mol. The first-order valence-corrected chi connectivity index (χ1v) is 8.26. The van der Waals surface area contributed by atoms with Gasteiger partial charge in [0.05, 0.1) is 5.69 Å². The molecule has 4 heteroatoms. The highest BCUT2D eigenvalue weighted by atomic mass is 16.1. The zero-order valence-electron chi connectivity index (χ0n) is 13.4. The van der Waals surface area contributed by atoms with Gasteiger partial charge in [0.1, 0.15) is 5.69 Å². The highest BCUT2D eigenvalue weighted by molar-refractivity contribution is 5.73. The van der Waals surface area contributed by atoms with Crippen LogP contribution in [0.15, 0.2) is 30.3 Å². The number of aromatic nitrogens is 3. The summed E-state index contributed by atoms with van der Waals surface area (Å²) in [5, 5.41) is 8.16. The number of unbranched alkanes of at least 4 members (excludes halogenated alkanes) is 4. The van der Waals surface area contributed by atoms with Gasteiger partial charge in [0.25, 0.3) is 0 Å². The third kappa shape index (κ3) is 4.79. The SMILES string of the molecule is CCCCCCCn1nnc(C=O)c1CCc1ccccc1. The van der Waals surface area contributed by atoms with E-state index in [-0.39, 0.29) is 0 Å². The smallest absolute Gasteiger partial charge is 0.172 e. The molecule has 0 N–H and O–H groups in total. The van der Waals surface area contributed by atoms with Gasteiger partial charge in [-0.15, -0.1) is 5.10 Å². The molecule has 0 aliphatic carbocycles. The van der Waals surface area contributed by atoms with Gasteiger partial charge in [-0.2, -0.15) is 0 Å². The van der Waals surface area contributed by atoms with Gasteiger partial charge < -0.3 is 0 Å². The number of aldehydes is 1. The van der Waals surface area contributed by atoms with Gasteiger partial charge in [0, 0.05) is 6.54 Å². The summed E-state index contributed by atoms with van der Waals surface area (Å²) in [5.74, 6) is 0. The molecule has 1 aromatic carbocycles. The molecule has 1 aromatic heterocycles. The molecule has 0 saturated heterocycles. The number of hydrogen-bond donors (Lipinski definition) is 0. The Hall–Kier alpha value is -1.97. The fraction of sp³-hybridized carbons (Fsp3) is 0.500. The fourth-order valence-corrected chi connectivity index (χ4v) is 2.65. The summed E-state index contributed by atoms with van der Waals surface area (Å²) < 4.78 is 1.92. The van der Waals surface area contributed by atoms with Crippen molar-refractivity contribution in [2.45, 2.75) is 58.4 Å². The van der Waals surface area contributed by atoms with Crippen molar-refractivity contribution in [2.75, 3.05) is 0 Å². The molecule has 0 radical (unpaired) electrons. The van der Waals surface area contributed by atoms with Gasteiger partial charge in [-0.05, 0) is 24.8 Å². The number of hydrogen-bond acceptors (Lipinski definition) is 3. The lowest BCUT2D eigenvalue weighted by atomic mass is 10.1. The third-order valence-electron chi connectivity index (χ3n) is 3.95. The predicted molar refractivity (Wildman–Crippen MR) is 88.0 cm³/mol. The third-order valence-corrected chi connectivity index (χ3v) is 3.95. The molecule has 1 heterocycles. The lowest BCUT2D eigenvalue weighted by molar-refractivity contribution is 0.111. The summed E-state index contributed by atoms with van der Waals surface area (Å²) >= 11 is 0. The Kier molecular flexibility index (Phi) is 6.81. The van der Waals surface area contributed by atoms with Crippen LogP contribution in [-0.2, 0) is 19.4 Å². The van der Waals surface area contributed by atoms with E-state index in [0.29, 0.717) is 5.69 Å². The van der Waals surface area contributed by atoms with Crippen LogP contribution in [0.1, 0.15) is 60.8 Å². The van der Waals surface area contributed by atoms with Gasteiger partial charge >= 0.3 is 0 Å². The standard InChI is InChI=1S/C18H25N3O/c1-2-3-4-5-9-14-21-18(17(15-22)19-20-21)13-12-16-10-7-6-8-11-16/h6-8,10-11,15H,2-5,9,12-14H2,1H3. The average molecular weight is 299 g/mol. The maximum Gasteiger partial charge on any atom is 0.172 e. The van der Waals surface area contributed by atoms with Crippen molar-refractivity contribution in [3.05, 3.63) is 47.3 Å². The number of carbonyl (C=O) groups is 1. The Morgan fingerprint density at radius 1 is 1.05 bits per heavy atom. The molecule has 0 spiro atoms. The molecule has 118 valence electrons. The molecule has 0 aliphatic heterocycles. The van der Waals surface area contributed by atoms with E-state index in [1.165, 1.54) is 31.2 Å². The summed E-state index contributed by atoms with van der Waals surface area (Å²) in [6.07, 6.45) is 8.65. The largest absolute Gasteiger partial charge is 0.296 e. The topological polar surface area (TPSA) is 47.8 Å². The first-order valence-electron chi connectivity index (χ1n) is 8.26. The number of aryl methyl sites for hydroxylation is 2. The maximum atomic E-state index is 11.2. The van der Waals surface area contributed by atoms with Crippen LogP contribution in [0, 0.1) is 0 Å². The summed E-state index contributed by atoms with van der Waals surface area (Å²) in [5.41, 5.74) is 2.73. The Bertz CT molecular complexity index is 563. The van der Waals surface area contributed by atoms with Crippen molar-refractivity contribution < 1.29 is 4.79 Å². The van der Waals surface area contributed by atoms with Crippen molar-refractivity contribution >= 4 is 6.29 Å². The normalized spacial score (nSPS) is 10.8. The Morgan fingerprint density at radius 2 is 1.82 bits per heavy atom. The van der Waals surface area contributed by atoms with E-state index in [0.717, 1.165) is 37.8 Å². The highest BCUT2D eigenvalue weighted by Gasteiger charge is 2.12. The minimum absolute atomic E-state index is 0.490. The van der Waals surface area contributed by atoms with Crippen LogP contribution in [-0.4, -0.2) is 21.3 Å². The molecule has 0 amide bonds. The van der Waals surface area contributed by atoms with Crippen molar-refractivity contribution in [3.8, 4) is 0 Å². The first kappa shape index (κ1) is 16.4. The molecule has 0 unspecified atom stereocenters. The average Bonchev–Trinajstić information content (AvgIpc) is 2.95. The number of carbonyl (C=O) groups excluding carboxylic acids is 1. The minimum Gasteiger partial charge on any atom is -0.296 e. The maximum absolute atomic E-state index is 11.2. The first-order chi connectivity index (χ1) is 10.8.